The van der Waals surface area contributed by atoms with E-state index in [4.69, 9.17) is 0 Å². The summed E-state index contributed by atoms with van der Waals surface area (Å²) < 4.78 is 0. The van der Waals surface area contributed by atoms with Crippen molar-refractivity contribution in [1.82, 2.24) is 14.9 Å². The number of hydrogen-bond acceptors (Lipinski definition) is 5. The van der Waals surface area contributed by atoms with Gasteiger partial charge in [0, 0.05) is 37.0 Å². The number of aromatic nitrogens is 2. The molecule has 2 atom stereocenters. The first-order valence-corrected chi connectivity index (χ1v) is 9.83. The van der Waals surface area contributed by atoms with Gasteiger partial charge < -0.3 is 9.80 Å². The molecule has 3 heterocycles. The van der Waals surface area contributed by atoms with Crippen LogP contribution in [0.25, 0.3) is 10.2 Å². The van der Waals surface area contributed by atoms with Crippen LogP contribution in [0, 0.1) is 11.8 Å². The highest BCUT2D eigenvalue weighted by Crippen LogP contribution is 2.41. The van der Waals surface area contributed by atoms with Gasteiger partial charge in [-0.3, -0.25) is 4.79 Å². The Morgan fingerprint density at radius 1 is 1.21 bits per heavy atom. The normalized spacial score (nSPS) is 26.0. The van der Waals surface area contributed by atoms with Crippen LogP contribution >= 0.6 is 11.3 Å². The zero-order valence-electron chi connectivity index (χ0n) is 14.0. The molecule has 0 aromatic carbocycles. The Balaban J connectivity index is 1.38. The number of nitrogens with zero attached hydrogens (tertiary/aromatic N) is 4. The average Bonchev–Trinajstić information content (AvgIpc) is 3.02. The maximum atomic E-state index is 12.4. The number of anilines is 1. The lowest BCUT2D eigenvalue weighted by Gasteiger charge is -2.36. The van der Waals surface area contributed by atoms with Gasteiger partial charge in [-0.2, -0.15) is 0 Å². The first-order valence-electron chi connectivity index (χ1n) is 9.01. The molecule has 2 aliphatic carbocycles. The zero-order chi connectivity index (χ0) is 16.3. The summed E-state index contributed by atoms with van der Waals surface area (Å²) in [6, 6.07) is 0. The third-order valence-electron chi connectivity index (χ3n) is 5.80. The van der Waals surface area contributed by atoms with Gasteiger partial charge in [-0.1, -0.05) is 6.92 Å². The first kappa shape index (κ1) is 14.6. The summed E-state index contributed by atoms with van der Waals surface area (Å²) in [5, 5.41) is 1.28. The lowest BCUT2D eigenvalue weighted by atomic mass is 10.1. The molecule has 2 fully saturated rings. The number of carbonyl (C=O) groups is 1. The van der Waals surface area contributed by atoms with E-state index in [0.29, 0.717) is 17.7 Å². The molecule has 5 nitrogen and oxygen atoms in total. The van der Waals surface area contributed by atoms with Crippen molar-refractivity contribution in [3.8, 4) is 0 Å². The van der Waals surface area contributed by atoms with Crippen LogP contribution in [0.2, 0.25) is 0 Å². The minimum absolute atomic E-state index is 0.294. The molecule has 1 aliphatic heterocycles. The van der Waals surface area contributed by atoms with Crippen LogP contribution in [0.4, 0.5) is 5.82 Å². The molecule has 0 N–H and O–H groups in total. The molecule has 0 radical (unpaired) electrons. The Morgan fingerprint density at radius 3 is 2.75 bits per heavy atom. The maximum absolute atomic E-state index is 12.4. The van der Waals surface area contributed by atoms with Crippen LogP contribution in [-0.4, -0.2) is 47.0 Å². The standard InChI is InChI=1S/C18H22N4OS/c1-11-9-13(11)18(23)22-7-5-21(6-8-22)16-15-12-3-2-4-14(12)24-17(15)20-10-19-16/h10-11,13H,2-9H2,1H3/t11-,13+/m0/s1. The second-order valence-corrected chi connectivity index (χ2v) is 8.45. The van der Waals surface area contributed by atoms with Crippen LogP contribution in [-0.2, 0) is 17.6 Å². The predicted octanol–water partition coefficient (Wildman–Crippen LogP) is 2.48. The van der Waals surface area contributed by atoms with Crippen molar-refractivity contribution in [2.75, 3.05) is 31.1 Å². The Bertz CT molecular complexity index is 809. The second kappa shape index (κ2) is 5.41. The van der Waals surface area contributed by atoms with Crippen LogP contribution in [0.1, 0.15) is 30.2 Å². The molecular weight excluding hydrogens is 320 g/mol. The molecule has 5 rings (SSSR count). The van der Waals surface area contributed by atoms with Gasteiger partial charge >= 0.3 is 0 Å². The summed E-state index contributed by atoms with van der Waals surface area (Å²) in [7, 11) is 0. The third kappa shape index (κ3) is 2.23. The van der Waals surface area contributed by atoms with Crippen molar-refractivity contribution >= 4 is 33.3 Å². The lowest BCUT2D eigenvalue weighted by molar-refractivity contribution is -0.133. The SMILES string of the molecule is C[C@H]1C[C@H]1C(=O)N1CCN(c2ncnc3sc4c(c23)CCC4)CC1. The Labute approximate surface area is 145 Å². The molecule has 3 aliphatic rings. The maximum Gasteiger partial charge on any atom is 0.226 e. The summed E-state index contributed by atoms with van der Waals surface area (Å²) >= 11 is 1.84. The molecule has 1 amide bonds. The van der Waals surface area contributed by atoms with Gasteiger partial charge in [0.25, 0.3) is 0 Å². The van der Waals surface area contributed by atoms with E-state index >= 15 is 0 Å². The van der Waals surface area contributed by atoms with E-state index in [1.54, 1.807) is 6.33 Å². The molecule has 24 heavy (non-hydrogen) atoms. The topological polar surface area (TPSA) is 49.3 Å². The fourth-order valence-electron chi connectivity index (χ4n) is 4.19. The number of thiophene rings is 1. The van der Waals surface area contributed by atoms with E-state index in [9.17, 15) is 4.79 Å². The molecule has 0 spiro atoms. The number of fused-ring (bicyclic) bond motifs is 3. The van der Waals surface area contributed by atoms with E-state index in [1.165, 1.54) is 28.7 Å². The van der Waals surface area contributed by atoms with Gasteiger partial charge in [-0.15, -0.1) is 11.3 Å². The van der Waals surface area contributed by atoms with Gasteiger partial charge in [0.15, 0.2) is 0 Å². The zero-order valence-corrected chi connectivity index (χ0v) is 14.8. The highest BCUT2D eigenvalue weighted by atomic mass is 32.1. The smallest absolute Gasteiger partial charge is 0.226 e. The van der Waals surface area contributed by atoms with E-state index in [2.05, 4.69) is 26.7 Å². The van der Waals surface area contributed by atoms with Gasteiger partial charge in [0.1, 0.15) is 17.0 Å². The largest absolute Gasteiger partial charge is 0.352 e. The van der Waals surface area contributed by atoms with E-state index in [-0.39, 0.29) is 0 Å². The molecule has 0 unspecified atom stereocenters. The molecule has 1 saturated carbocycles. The van der Waals surface area contributed by atoms with Gasteiger partial charge in [0.2, 0.25) is 5.91 Å². The Kier molecular flexibility index (Phi) is 3.30. The molecule has 1 saturated heterocycles. The summed E-state index contributed by atoms with van der Waals surface area (Å²) in [5.41, 5.74) is 1.48. The fraction of sp³-hybridized carbons (Fsp3) is 0.611. The third-order valence-corrected chi connectivity index (χ3v) is 7.00. The van der Waals surface area contributed by atoms with Crippen molar-refractivity contribution in [3.63, 3.8) is 0 Å². The van der Waals surface area contributed by atoms with Crippen molar-refractivity contribution < 1.29 is 4.79 Å². The van der Waals surface area contributed by atoms with Crippen molar-refractivity contribution in [1.29, 1.82) is 0 Å². The number of aryl methyl sites for hydroxylation is 2. The molecule has 0 bridgehead atoms. The summed E-state index contributed by atoms with van der Waals surface area (Å²) in [5.74, 6) is 2.34. The molecule has 2 aromatic rings. The van der Waals surface area contributed by atoms with Crippen molar-refractivity contribution in [2.24, 2.45) is 11.8 Å². The minimum Gasteiger partial charge on any atom is -0.352 e. The Morgan fingerprint density at radius 2 is 2.00 bits per heavy atom. The van der Waals surface area contributed by atoms with E-state index in [1.807, 2.05) is 11.3 Å². The Hall–Kier alpha value is -1.69. The lowest BCUT2D eigenvalue weighted by Crippen LogP contribution is -2.49. The highest BCUT2D eigenvalue weighted by Gasteiger charge is 2.42. The monoisotopic (exact) mass is 342 g/mol. The van der Waals surface area contributed by atoms with Gasteiger partial charge in [0.05, 0.1) is 5.39 Å². The number of piperazine rings is 1. The van der Waals surface area contributed by atoms with Crippen molar-refractivity contribution in [2.45, 2.75) is 32.6 Å². The highest BCUT2D eigenvalue weighted by molar-refractivity contribution is 7.19. The van der Waals surface area contributed by atoms with Crippen LogP contribution in [0.15, 0.2) is 6.33 Å². The van der Waals surface area contributed by atoms with Crippen LogP contribution in [0.3, 0.4) is 0 Å². The second-order valence-electron chi connectivity index (χ2n) is 7.37. The predicted molar refractivity (Wildman–Crippen MR) is 95.5 cm³/mol. The van der Waals surface area contributed by atoms with Crippen LogP contribution < -0.4 is 4.90 Å². The van der Waals surface area contributed by atoms with Crippen LogP contribution in [0.5, 0.6) is 0 Å². The number of carbonyl (C=O) groups excluding carboxylic acids is 1. The fourth-order valence-corrected chi connectivity index (χ4v) is 5.41. The quantitative estimate of drug-likeness (QED) is 0.841. The minimum atomic E-state index is 0.294. The van der Waals surface area contributed by atoms with E-state index < -0.39 is 0 Å². The first-order chi connectivity index (χ1) is 11.7. The summed E-state index contributed by atoms with van der Waals surface area (Å²) in [4.78, 5) is 28.6. The number of amides is 1. The summed E-state index contributed by atoms with van der Waals surface area (Å²) in [6.45, 7) is 5.57. The number of rotatable bonds is 2. The number of hydrogen-bond donors (Lipinski definition) is 0. The summed E-state index contributed by atoms with van der Waals surface area (Å²) in [6.07, 6.45) is 6.39. The van der Waals surface area contributed by atoms with Crippen molar-refractivity contribution in [3.05, 3.63) is 16.8 Å². The molecule has 6 heteroatoms. The van der Waals surface area contributed by atoms with Gasteiger partial charge in [-0.25, -0.2) is 9.97 Å². The molecule has 2 aromatic heterocycles. The average molecular weight is 342 g/mol. The molecule has 126 valence electrons. The van der Waals surface area contributed by atoms with Gasteiger partial charge in [-0.05, 0) is 37.2 Å². The van der Waals surface area contributed by atoms with E-state index in [0.717, 1.165) is 49.7 Å². The molecular formula is C18H22N4OS.